The quantitative estimate of drug-likeness (QED) is 0.691. The average molecular weight is 346 g/mol. The fourth-order valence-corrected chi connectivity index (χ4v) is 2.71. The molecular formula is C16H18N4O3S. The van der Waals surface area contributed by atoms with E-state index in [1.807, 2.05) is 6.07 Å². The van der Waals surface area contributed by atoms with Gasteiger partial charge in [-0.1, -0.05) is 6.07 Å². The van der Waals surface area contributed by atoms with Crippen LogP contribution in [0.15, 0.2) is 53.7 Å². The molecule has 3 N–H and O–H groups in total. The molecule has 0 aliphatic heterocycles. The molecule has 0 saturated heterocycles. The number of aromatic nitrogens is 1. The van der Waals surface area contributed by atoms with Crippen LogP contribution in [0, 0.1) is 0 Å². The highest BCUT2D eigenvalue weighted by Crippen LogP contribution is 2.25. The molecule has 1 heterocycles. The minimum Gasteiger partial charge on any atom is -0.386 e. The van der Waals surface area contributed by atoms with E-state index in [2.05, 4.69) is 20.3 Å². The molecule has 2 aromatic rings. The highest BCUT2D eigenvalue weighted by Gasteiger charge is 2.14. The predicted octanol–water partition coefficient (Wildman–Crippen LogP) is 1.68. The first kappa shape index (κ1) is 17.6. The van der Waals surface area contributed by atoms with Crippen LogP contribution in [0.3, 0.4) is 0 Å². The number of nitrogens with one attached hydrogen (secondary N) is 3. The van der Waals surface area contributed by atoms with E-state index < -0.39 is 10.0 Å². The van der Waals surface area contributed by atoms with E-state index in [4.69, 9.17) is 0 Å². The van der Waals surface area contributed by atoms with Gasteiger partial charge < -0.3 is 10.6 Å². The summed E-state index contributed by atoms with van der Waals surface area (Å²) in [5, 5.41) is 5.57. The maximum Gasteiger partial charge on any atom is 0.248 e. The van der Waals surface area contributed by atoms with Gasteiger partial charge in [-0.3, -0.25) is 9.78 Å². The largest absolute Gasteiger partial charge is 0.386 e. The van der Waals surface area contributed by atoms with Crippen molar-refractivity contribution >= 4 is 33.4 Å². The van der Waals surface area contributed by atoms with Crippen LogP contribution in [0.25, 0.3) is 6.08 Å². The minimum absolute atomic E-state index is 0.0653. The molecule has 0 atom stereocenters. The van der Waals surface area contributed by atoms with Crippen LogP contribution in [0.4, 0.5) is 11.4 Å². The van der Waals surface area contributed by atoms with Gasteiger partial charge in [0.2, 0.25) is 15.9 Å². The SMILES string of the molecule is CNc1ccc(S(=O)(=O)NC)cc1NC(=O)/C=C\c1cccnc1. The molecule has 126 valence electrons. The van der Waals surface area contributed by atoms with Crippen molar-refractivity contribution < 1.29 is 13.2 Å². The summed E-state index contributed by atoms with van der Waals surface area (Å²) in [4.78, 5) is 16.1. The van der Waals surface area contributed by atoms with Crippen LogP contribution in [0.2, 0.25) is 0 Å². The third-order valence-electron chi connectivity index (χ3n) is 3.21. The fraction of sp³-hybridized carbons (Fsp3) is 0.125. The molecule has 0 bridgehead atoms. The molecule has 8 heteroatoms. The normalized spacial score (nSPS) is 11.4. The topological polar surface area (TPSA) is 100 Å². The van der Waals surface area contributed by atoms with Crippen LogP contribution < -0.4 is 15.4 Å². The van der Waals surface area contributed by atoms with E-state index in [0.29, 0.717) is 11.4 Å². The number of nitrogens with zero attached hydrogens (tertiary/aromatic N) is 1. The molecule has 7 nitrogen and oxygen atoms in total. The van der Waals surface area contributed by atoms with Crippen LogP contribution >= 0.6 is 0 Å². The van der Waals surface area contributed by atoms with Gasteiger partial charge in [0.25, 0.3) is 0 Å². The number of carbonyl (C=O) groups is 1. The average Bonchev–Trinajstić information content (AvgIpc) is 2.60. The second kappa shape index (κ2) is 7.71. The number of carbonyl (C=O) groups excluding carboxylic acids is 1. The lowest BCUT2D eigenvalue weighted by Crippen LogP contribution is -2.19. The molecule has 0 saturated carbocycles. The lowest BCUT2D eigenvalue weighted by molar-refractivity contribution is -0.111. The van der Waals surface area contributed by atoms with Crippen molar-refractivity contribution in [1.29, 1.82) is 0 Å². The standard InChI is InChI=1S/C16H18N4O3S/c1-17-14-7-6-13(24(22,23)18-2)10-15(14)20-16(21)8-5-12-4-3-9-19-11-12/h3-11,17-18H,1-2H3,(H,20,21)/b8-5-. The van der Waals surface area contributed by atoms with Gasteiger partial charge >= 0.3 is 0 Å². The van der Waals surface area contributed by atoms with Crippen LogP contribution in [0.1, 0.15) is 5.56 Å². The zero-order valence-corrected chi connectivity index (χ0v) is 14.1. The number of hydrogen-bond donors (Lipinski definition) is 3. The van der Waals surface area contributed by atoms with E-state index >= 15 is 0 Å². The molecule has 2 rings (SSSR count). The van der Waals surface area contributed by atoms with Gasteiger partial charge in [-0.2, -0.15) is 0 Å². The minimum atomic E-state index is -3.59. The number of rotatable bonds is 6. The molecule has 1 aromatic heterocycles. The first-order valence-electron chi connectivity index (χ1n) is 7.10. The maximum absolute atomic E-state index is 12.1. The molecule has 1 amide bonds. The molecule has 0 aliphatic carbocycles. The Labute approximate surface area is 140 Å². The Morgan fingerprint density at radius 3 is 2.58 bits per heavy atom. The van der Waals surface area contributed by atoms with Crippen LogP contribution in [-0.4, -0.2) is 33.4 Å². The first-order valence-corrected chi connectivity index (χ1v) is 8.59. The van der Waals surface area contributed by atoms with Crippen molar-refractivity contribution in [3.63, 3.8) is 0 Å². The van der Waals surface area contributed by atoms with E-state index in [1.165, 1.54) is 25.3 Å². The summed E-state index contributed by atoms with van der Waals surface area (Å²) in [6.45, 7) is 0. The monoisotopic (exact) mass is 346 g/mol. The van der Waals surface area contributed by atoms with Crippen LogP contribution in [-0.2, 0) is 14.8 Å². The van der Waals surface area contributed by atoms with E-state index in [1.54, 1.807) is 37.7 Å². The summed E-state index contributed by atoms with van der Waals surface area (Å²) < 4.78 is 26.0. The van der Waals surface area contributed by atoms with E-state index in [9.17, 15) is 13.2 Å². The zero-order valence-electron chi connectivity index (χ0n) is 13.3. The summed E-state index contributed by atoms with van der Waals surface area (Å²) in [5.41, 5.74) is 1.76. The van der Waals surface area contributed by atoms with Crippen molar-refractivity contribution in [2.24, 2.45) is 0 Å². The fourth-order valence-electron chi connectivity index (χ4n) is 1.95. The highest BCUT2D eigenvalue weighted by atomic mass is 32.2. The third-order valence-corrected chi connectivity index (χ3v) is 4.62. The highest BCUT2D eigenvalue weighted by molar-refractivity contribution is 7.89. The Bertz CT molecular complexity index is 849. The molecule has 0 fully saturated rings. The Morgan fingerprint density at radius 1 is 1.17 bits per heavy atom. The third kappa shape index (κ3) is 4.40. The smallest absolute Gasteiger partial charge is 0.248 e. The number of amides is 1. The van der Waals surface area contributed by atoms with Crippen molar-refractivity contribution in [3.8, 4) is 0 Å². The summed E-state index contributed by atoms with van der Waals surface area (Å²) in [6.07, 6.45) is 6.25. The molecule has 1 aromatic carbocycles. The molecule has 0 unspecified atom stereocenters. The second-order valence-corrected chi connectivity index (χ2v) is 6.66. The molecule has 24 heavy (non-hydrogen) atoms. The van der Waals surface area contributed by atoms with Gasteiger partial charge in [-0.25, -0.2) is 13.1 Å². The first-order chi connectivity index (χ1) is 11.5. The Kier molecular flexibility index (Phi) is 5.67. The van der Waals surface area contributed by atoms with Gasteiger partial charge in [-0.15, -0.1) is 0 Å². The maximum atomic E-state index is 12.1. The zero-order chi connectivity index (χ0) is 17.6. The second-order valence-electron chi connectivity index (χ2n) is 4.77. The Balaban J connectivity index is 2.23. The van der Waals surface area contributed by atoms with Gasteiger partial charge in [0.05, 0.1) is 16.3 Å². The van der Waals surface area contributed by atoms with Crippen LogP contribution in [0.5, 0.6) is 0 Å². The number of anilines is 2. The van der Waals surface area contributed by atoms with Crippen molar-refractivity contribution in [2.45, 2.75) is 4.90 Å². The van der Waals surface area contributed by atoms with E-state index in [0.717, 1.165) is 5.56 Å². The molecular weight excluding hydrogens is 328 g/mol. The van der Waals surface area contributed by atoms with Crippen molar-refractivity contribution in [1.82, 2.24) is 9.71 Å². The number of hydrogen-bond acceptors (Lipinski definition) is 5. The summed E-state index contributed by atoms with van der Waals surface area (Å²) in [7, 11) is -0.579. The number of benzene rings is 1. The predicted molar refractivity (Wildman–Crippen MR) is 94.1 cm³/mol. The van der Waals surface area contributed by atoms with Crippen molar-refractivity contribution in [3.05, 3.63) is 54.4 Å². The summed E-state index contributed by atoms with van der Waals surface area (Å²) in [5.74, 6) is -0.380. The van der Waals surface area contributed by atoms with E-state index in [-0.39, 0.29) is 10.8 Å². The summed E-state index contributed by atoms with van der Waals surface area (Å²) in [6, 6.07) is 8.02. The lowest BCUT2D eigenvalue weighted by Gasteiger charge is -2.12. The Hall–Kier alpha value is -2.71. The van der Waals surface area contributed by atoms with Gasteiger partial charge in [0.15, 0.2) is 0 Å². The lowest BCUT2D eigenvalue weighted by atomic mass is 10.2. The number of sulfonamides is 1. The van der Waals surface area contributed by atoms with Gasteiger partial charge in [0.1, 0.15) is 0 Å². The summed E-state index contributed by atoms with van der Waals surface area (Å²) >= 11 is 0. The van der Waals surface area contributed by atoms with Gasteiger partial charge in [-0.05, 0) is 43.0 Å². The molecule has 0 radical (unpaired) electrons. The number of pyridine rings is 1. The molecule has 0 aliphatic rings. The van der Waals surface area contributed by atoms with Crippen molar-refractivity contribution in [2.75, 3.05) is 24.7 Å². The van der Waals surface area contributed by atoms with Gasteiger partial charge in [0, 0.05) is 25.5 Å². The molecule has 0 spiro atoms. The Morgan fingerprint density at radius 2 is 1.96 bits per heavy atom.